The van der Waals surface area contributed by atoms with Crippen LogP contribution in [0.25, 0.3) is 22.2 Å². The van der Waals surface area contributed by atoms with Crippen LogP contribution in [-0.4, -0.2) is 42.7 Å². The van der Waals surface area contributed by atoms with Crippen molar-refractivity contribution in [1.82, 2.24) is 4.98 Å². The van der Waals surface area contributed by atoms with E-state index in [-0.39, 0.29) is 17.0 Å². The molecule has 1 aliphatic heterocycles. The van der Waals surface area contributed by atoms with Crippen LogP contribution in [0.2, 0.25) is 0 Å². The van der Waals surface area contributed by atoms with E-state index in [0.717, 1.165) is 17.2 Å². The molecule has 1 fully saturated rings. The van der Waals surface area contributed by atoms with Crippen molar-refractivity contribution in [3.8, 4) is 17.0 Å². The highest BCUT2D eigenvalue weighted by molar-refractivity contribution is 5.86. The number of rotatable bonds is 6. The zero-order valence-electron chi connectivity index (χ0n) is 21.4. The SMILES string of the molecule is Cc1cc(C(C)Nc2cccnc2-c2cc(F)c(O)c(C=O)c2)c2oc(N3CCOCC3)c(C)c(=O)c2c1. The molecule has 0 radical (unpaired) electrons. The number of nitrogens with zero attached hydrogens (tertiary/aromatic N) is 2. The lowest BCUT2D eigenvalue weighted by Gasteiger charge is -2.29. The molecule has 9 heteroatoms. The van der Waals surface area contributed by atoms with E-state index in [1.807, 2.05) is 30.9 Å². The molecule has 0 bridgehead atoms. The van der Waals surface area contributed by atoms with Gasteiger partial charge < -0.3 is 24.5 Å². The number of nitrogens with one attached hydrogen (secondary N) is 1. The molecule has 5 rings (SSSR count). The molecule has 1 saturated heterocycles. The first-order chi connectivity index (χ1) is 18.3. The van der Waals surface area contributed by atoms with Crippen LogP contribution in [0.5, 0.6) is 5.75 Å². The summed E-state index contributed by atoms with van der Waals surface area (Å²) in [4.78, 5) is 31.2. The maximum Gasteiger partial charge on any atom is 0.203 e. The number of hydrogen-bond donors (Lipinski definition) is 2. The molecular formula is C29H28FN3O5. The fourth-order valence-corrected chi connectivity index (χ4v) is 4.86. The van der Waals surface area contributed by atoms with Gasteiger partial charge in [0.05, 0.1) is 47.2 Å². The maximum absolute atomic E-state index is 14.3. The minimum Gasteiger partial charge on any atom is -0.504 e. The molecule has 2 aromatic carbocycles. The number of phenols is 1. The summed E-state index contributed by atoms with van der Waals surface area (Å²) in [5.74, 6) is -1.06. The summed E-state index contributed by atoms with van der Waals surface area (Å²) >= 11 is 0. The Morgan fingerprint density at radius 1 is 1.18 bits per heavy atom. The molecule has 2 N–H and O–H groups in total. The van der Waals surface area contributed by atoms with Crippen molar-refractivity contribution in [2.45, 2.75) is 26.8 Å². The fourth-order valence-electron chi connectivity index (χ4n) is 4.86. The number of aromatic nitrogens is 1. The number of ether oxygens (including phenoxy) is 1. The molecule has 8 nitrogen and oxygen atoms in total. The molecule has 2 aromatic heterocycles. The highest BCUT2D eigenvalue weighted by atomic mass is 19.1. The summed E-state index contributed by atoms with van der Waals surface area (Å²) in [6.45, 7) is 8.04. The Bertz CT molecular complexity index is 1590. The first-order valence-electron chi connectivity index (χ1n) is 12.4. The van der Waals surface area contributed by atoms with E-state index in [9.17, 15) is 19.1 Å². The second-order valence-electron chi connectivity index (χ2n) is 9.47. The number of carbonyl (C=O) groups is 1. The summed E-state index contributed by atoms with van der Waals surface area (Å²) in [5, 5.41) is 13.8. The van der Waals surface area contributed by atoms with Gasteiger partial charge in [-0.05, 0) is 56.7 Å². The molecule has 0 aliphatic carbocycles. The van der Waals surface area contributed by atoms with Crippen molar-refractivity contribution >= 4 is 28.8 Å². The maximum atomic E-state index is 14.3. The van der Waals surface area contributed by atoms with Gasteiger partial charge in [0.2, 0.25) is 5.88 Å². The largest absolute Gasteiger partial charge is 0.504 e. The summed E-state index contributed by atoms with van der Waals surface area (Å²) in [6, 6.07) is 9.54. The van der Waals surface area contributed by atoms with Gasteiger partial charge in [-0.2, -0.15) is 0 Å². The minimum absolute atomic E-state index is 0.0760. The fraction of sp³-hybridized carbons (Fsp3) is 0.276. The highest BCUT2D eigenvalue weighted by Crippen LogP contribution is 2.35. The Morgan fingerprint density at radius 2 is 1.95 bits per heavy atom. The molecule has 0 spiro atoms. The van der Waals surface area contributed by atoms with Gasteiger partial charge in [0, 0.05) is 30.4 Å². The van der Waals surface area contributed by atoms with E-state index in [4.69, 9.17) is 9.15 Å². The third-order valence-electron chi connectivity index (χ3n) is 6.80. The monoisotopic (exact) mass is 517 g/mol. The molecule has 0 amide bonds. The number of benzene rings is 2. The number of anilines is 2. The van der Waals surface area contributed by atoms with Crippen molar-refractivity contribution in [3.05, 3.63) is 80.9 Å². The lowest BCUT2D eigenvalue weighted by molar-refractivity contribution is 0.112. The van der Waals surface area contributed by atoms with Gasteiger partial charge in [-0.25, -0.2) is 4.39 Å². The van der Waals surface area contributed by atoms with Crippen LogP contribution >= 0.6 is 0 Å². The van der Waals surface area contributed by atoms with Gasteiger partial charge in [0.15, 0.2) is 23.3 Å². The van der Waals surface area contributed by atoms with Gasteiger partial charge in [0.25, 0.3) is 0 Å². The summed E-state index contributed by atoms with van der Waals surface area (Å²) in [5.41, 5.74) is 3.84. The third-order valence-corrected chi connectivity index (χ3v) is 6.80. The van der Waals surface area contributed by atoms with Crippen molar-refractivity contribution in [2.24, 2.45) is 0 Å². The average molecular weight is 518 g/mol. The van der Waals surface area contributed by atoms with Gasteiger partial charge >= 0.3 is 0 Å². The second-order valence-corrected chi connectivity index (χ2v) is 9.47. The van der Waals surface area contributed by atoms with Crippen molar-refractivity contribution in [2.75, 3.05) is 36.5 Å². The first-order valence-corrected chi connectivity index (χ1v) is 12.4. The molecule has 4 aromatic rings. The van der Waals surface area contributed by atoms with Crippen molar-refractivity contribution < 1.29 is 23.4 Å². The minimum atomic E-state index is -0.910. The molecule has 1 aliphatic rings. The number of phenolic OH excluding ortho intramolecular Hbond substituents is 1. The second kappa shape index (κ2) is 10.3. The zero-order valence-corrected chi connectivity index (χ0v) is 21.4. The van der Waals surface area contributed by atoms with E-state index >= 15 is 0 Å². The van der Waals surface area contributed by atoms with Crippen LogP contribution in [0.3, 0.4) is 0 Å². The molecule has 38 heavy (non-hydrogen) atoms. The number of halogens is 1. The molecular weight excluding hydrogens is 489 g/mol. The number of hydrogen-bond acceptors (Lipinski definition) is 8. The lowest BCUT2D eigenvalue weighted by Crippen LogP contribution is -2.37. The van der Waals surface area contributed by atoms with Crippen LogP contribution < -0.4 is 15.6 Å². The first kappa shape index (κ1) is 25.4. The molecule has 3 heterocycles. The quantitative estimate of drug-likeness (QED) is 0.339. The zero-order chi connectivity index (χ0) is 27.0. The highest BCUT2D eigenvalue weighted by Gasteiger charge is 2.23. The predicted molar refractivity (Wildman–Crippen MR) is 144 cm³/mol. The Hall–Kier alpha value is -4.24. The Morgan fingerprint density at radius 3 is 2.68 bits per heavy atom. The smallest absolute Gasteiger partial charge is 0.203 e. The van der Waals surface area contributed by atoms with Crippen molar-refractivity contribution in [3.63, 3.8) is 0 Å². The number of aryl methyl sites for hydroxylation is 1. The van der Waals surface area contributed by atoms with E-state index in [2.05, 4.69) is 10.3 Å². The van der Waals surface area contributed by atoms with Crippen LogP contribution in [-0.2, 0) is 4.74 Å². The normalized spacial score (nSPS) is 14.5. The van der Waals surface area contributed by atoms with E-state index < -0.39 is 11.6 Å². The van der Waals surface area contributed by atoms with Crippen LogP contribution in [0, 0.1) is 19.7 Å². The summed E-state index contributed by atoms with van der Waals surface area (Å²) < 4.78 is 26.2. The topological polar surface area (TPSA) is 105 Å². The van der Waals surface area contributed by atoms with Gasteiger partial charge in [-0.15, -0.1) is 0 Å². The number of pyridine rings is 1. The average Bonchev–Trinajstić information content (AvgIpc) is 2.92. The summed E-state index contributed by atoms with van der Waals surface area (Å²) in [7, 11) is 0. The lowest BCUT2D eigenvalue weighted by atomic mass is 9.99. The number of aromatic hydroxyl groups is 1. The van der Waals surface area contributed by atoms with Gasteiger partial charge in [-0.3, -0.25) is 14.6 Å². The van der Waals surface area contributed by atoms with E-state index in [1.165, 1.54) is 6.07 Å². The van der Waals surface area contributed by atoms with Crippen LogP contribution in [0.1, 0.15) is 40.0 Å². The standard InChI is InChI=1S/C29H28FN3O5/c1-16-11-21(28-22(12-16)26(35)17(2)29(38-28)33-7-9-37-10-8-33)18(3)32-24-5-4-6-31-25(24)19-13-20(15-34)27(36)23(30)14-19/h4-6,11-15,18,32,36H,7-10H2,1-3H3. The molecule has 1 atom stereocenters. The number of carbonyl (C=O) groups excluding carboxylic acids is 1. The van der Waals surface area contributed by atoms with Gasteiger partial charge in [0.1, 0.15) is 5.58 Å². The van der Waals surface area contributed by atoms with Gasteiger partial charge in [-0.1, -0.05) is 6.07 Å². The Balaban J connectivity index is 1.59. The molecule has 196 valence electrons. The molecule has 0 saturated carbocycles. The van der Waals surface area contributed by atoms with E-state index in [1.54, 1.807) is 25.3 Å². The van der Waals surface area contributed by atoms with E-state index in [0.29, 0.717) is 72.0 Å². The number of fused-ring (bicyclic) bond motifs is 1. The predicted octanol–water partition coefficient (Wildman–Crippen LogP) is 5.14. The number of morpholine rings is 1. The Kier molecular flexibility index (Phi) is 6.86. The Labute approximate surface area is 218 Å². The summed E-state index contributed by atoms with van der Waals surface area (Å²) in [6.07, 6.45) is 1.96. The molecule has 1 unspecified atom stereocenters. The van der Waals surface area contributed by atoms with Crippen molar-refractivity contribution in [1.29, 1.82) is 0 Å². The van der Waals surface area contributed by atoms with Crippen LogP contribution in [0.15, 0.2) is 51.8 Å². The van der Waals surface area contributed by atoms with Crippen LogP contribution in [0.4, 0.5) is 16.0 Å². The third kappa shape index (κ3) is 4.61. The number of aldehydes is 1.